The number of carbonyl (C=O) groups is 1. The second-order valence-electron chi connectivity index (χ2n) is 3.77. The van der Waals surface area contributed by atoms with E-state index in [4.69, 9.17) is 0 Å². The van der Waals surface area contributed by atoms with Crippen LogP contribution >= 0.6 is 0 Å². The monoisotopic (exact) mass is 180 g/mol. The van der Waals surface area contributed by atoms with Crippen molar-refractivity contribution >= 4 is 6.29 Å². The molecule has 0 aliphatic heterocycles. The zero-order chi connectivity index (χ0) is 10.1. The second-order valence-corrected chi connectivity index (χ2v) is 3.77. The lowest BCUT2D eigenvalue weighted by Gasteiger charge is -2.20. The molecule has 13 heavy (non-hydrogen) atoms. The van der Waals surface area contributed by atoms with Crippen LogP contribution in [-0.4, -0.2) is 6.29 Å². The van der Waals surface area contributed by atoms with Crippen LogP contribution in [0.2, 0.25) is 0 Å². The minimum absolute atomic E-state index is 0.308. The first-order valence-corrected chi connectivity index (χ1v) is 4.21. The van der Waals surface area contributed by atoms with Crippen LogP contribution in [0.5, 0.6) is 0 Å². The number of hydrogen-bond donors (Lipinski definition) is 0. The molecule has 0 unspecified atom stereocenters. The molecule has 0 aliphatic carbocycles. The molecule has 1 aromatic carbocycles. The first kappa shape index (κ1) is 9.90. The summed E-state index contributed by atoms with van der Waals surface area (Å²) in [4.78, 5) is 10.8. The predicted molar refractivity (Wildman–Crippen MR) is 50.2 cm³/mol. The van der Waals surface area contributed by atoms with Gasteiger partial charge in [0.2, 0.25) is 0 Å². The third kappa shape index (κ3) is 1.77. The standard InChI is InChI=1S/C11H13FO/c1-8-5-4-6-9(12)10(8)11(2,3)7-13/h4-7H,1-3H3. The molecule has 1 aromatic rings. The smallest absolute Gasteiger partial charge is 0.130 e. The Bertz CT molecular complexity index is 309. The minimum Gasteiger partial charge on any atom is -0.302 e. The molecule has 1 rings (SSSR count). The van der Waals surface area contributed by atoms with Gasteiger partial charge in [-0.2, -0.15) is 0 Å². The molecule has 0 aliphatic rings. The summed E-state index contributed by atoms with van der Waals surface area (Å²) in [7, 11) is 0. The highest BCUT2D eigenvalue weighted by Crippen LogP contribution is 2.26. The van der Waals surface area contributed by atoms with E-state index in [0.717, 1.165) is 11.8 Å². The number of aldehydes is 1. The largest absolute Gasteiger partial charge is 0.302 e. The quantitative estimate of drug-likeness (QED) is 0.639. The zero-order valence-electron chi connectivity index (χ0n) is 8.10. The van der Waals surface area contributed by atoms with Gasteiger partial charge in [0, 0.05) is 11.0 Å². The number of aryl methyl sites for hydroxylation is 1. The van der Waals surface area contributed by atoms with Crippen molar-refractivity contribution in [3.63, 3.8) is 0 Å². The molecule has 0 radical (unpaired) electrons. The maximum Gasteiger partial charge on any atom is 0.130 e. The van der Waals surface area contributed by atoms with E-state index in [1.165, 1.54) is 6.07 Å². The fraction of sp³-hybridized carbons (Fsp3) is 0.364. The molecule has 0 amide bonds. The van der Waals surface area contributed by atoms with Crippen molar-refractivity contribution in [1.82, 2.24) is 0 Å². The van der Waals surface area contributed by atoms with Gasteiger partial charge in [0.1, 0.15) is 12.1 Å². The molecular formula is C11H13FO. The summed E-state index contributed by atoms with van der Waals surface area (Å²) in [6.45, 7) is 5.24. The lowest BCUT2D eigenvalue weighted by Crippen LogP contribution is -2.21. The highest BCUT2D eigenvalue weighted by molar-refractivity contribution is 5.68. The van der Waals surface area contributed by atoms with E-state index in [9.17, 15) is 9.18 Å². The topological polar surface area (TPSA) is 17.1 Å². The maximum absolute atomic E-state index is 13.4. The Kier molecular flexibility index (Phi) is 2.50. The third-order valence-electron chi connectivity index (χ3n) is 2.16. The summed E-state index contributed by atoms with van der Waals surface area (Å²) in [6.07, 6.45) is 0.776. The van der Waals surface area contributed by atoms with Gasteiger partial charge in [-0.3, -0.25) is 0 Å². The molecule has 0 aromatic heterocycles. The van der Waals surface area contributed by atoms with Crippen molar-refractivity contribution in [1.29, 1.82) is 0 Å². The third-order valence-corrected chi connectivity index (χ3v) is 2.16. The summed E-state index contributed by atoms with van der Waals surface area (Å²) in [5.74, 6) is -0.308. The summed E-state index contributed by atoms with van der Waals surface area (Å²) >= 11 is 0. The Morgan fingerprint density at radius 2 is 2.00 bits per heavy atom. The Hall–Kier alpha value is -1.18. The summed E-state index contributed by atoms with van der Waals surface area (Å²) in [5, 5.41) is 0. The Balaban J connectivity index is 3.36. The number of hydrogen-bond acceptors (Lipinski definition) is 1. The average Bonchev–Trinajstić information content (AvgIpc) is 2.03. The Morgan fingerprint density at radius 3 is 2.46 bits per heavy atom. The van der Waals surface area contributed by atoms with E-state index in [2.05, 4.69) is 0 Å². The van der Waals surface area contributed by atoms with Crippen LogP contribution in [-0.2, 0) is 10.2 Å². The molecule has 0 N–H and O–H groups in total. The molecule has 0 heterocycles. The minimum atomic E-state index is -0.741. The molecule has 0 saturated carbocycles. The van der Waals surface area contributed by atoms with Crippen LogP contribution in [0, 0.1) is 12.7 Å². The van der Waals surface area contributed by atoms with Crippen LogP contribution in [0.4, 0.5) is 4.39 Å². The van der Waals surface area contributed by atoms with Crippen molar-refractivity contribution in [2.45, 2.75) is 26.2 Å². The van der Waals surface area contributed by atoms with E-state index >= 15 is 0 Å². The molecule has 1 nitrogen and oxygen atoms in total. The van der Waals surface area contributed by atoms with Gasteiger partial charge in [0.15, 0.2) is 0 Å². The van der Waals surface area contributed by atoms with Crippen molar-refractivity contribution in [2.24, 2.45) is 0 Å². The van der Waals surface area contributed by atoms with E-state index < -0.39 is 5.41 Å². The molecule has 0 fully saturated rings. The van der Waals surface area contributed by atoms with Crippen LogP contribution in [0.1, 0.15) is 25.0 Å². The van der Waals surface area contributed by atoms with Crippen LogP contribution in [0.3, 0.4) is 0 Å². The fourth-order valence-electron chi connectivity index (χ4n) is 1.51. The second kappa shape index (κ2) is 3.29. The molecule has 0 atom stereocenters. The lowest BCUT2D eigenvalue weighted by molar-refractivity contribution is -0.111. The normalized spacial score (nSPS) is 11.4. The van der Waals surface area contributed by atoms with Gasteiger partial charge in [-0.05, 0) is 32.4 Å². The Labute approximate surface area is 77.6 Å². The Morgan fingerprint density at radius 1 is 1.38 bits per heavy atom. The van der Waals surface area contributed by atoms with Crippen LogP contribution in [0.15, 0.2) is 18.2 Å². The first-order chi connectivity index (χ1) is 5.99. The van der Waals surface area contributed by atoms with E-state index in [1.54, 1.807) is 19.9 Å². The SMILES string of the molecule is Cc1cccc(F)c1C(C)(C)C=O. The van der Waals surface area contributed by atoms with Gasteiger partial charge in [0.25, 0.3) is 0 Å². The molecule has 2 heteroatoms. The van der Waals surface area contributed by atoms with E-state index in [1.807, 2.05) is 13.0 Å². The van der Waals surface area contributed by atoms with E-state index in [0.29, 0.717) is 5.56 Å². The number of carbonyl (C=O) groups excluding carboxylic acids is 1. The lowest BCUT2D eigenvalue weighted by atomic mass is 9.83. The van der Waals surface area contributed by atoms with Crippen molar-refractivity contribution in [3.05, 3.63) is 35.1 Å². The van der Waals surface area contributed by atoms with Gasteiger partial charge in [-0.15, -0.1) is 0 Å². The van der Waals surface area contributed by atoms with Gasteiger partial charge in [-0.1, -0.05) is 12.1 Å². The molecule has 0 bridgehead atoms. The molecule has 70 valence electrons. The van der Waals surface area contributed by atoms with Gasteiger partial charge in [0.05, 0.1) is 0 Å². The van der Waals surface area contributed by atoms with Gasteiger partial charge >= 0.3 is 0 Å². The number of halogens is 1. The van der Waals surface area contributed by atoms with Gasteiger partial charge in [-0.25, -0.2) is 4.39 Å². The molecule has 0 spiro atoms. The van der Waals surface area contributed by atoms with Crippen molar-refractivity contribution in [2.75, 3.05) is 0 Å². The maximum atomic E-state index is 13.4. The van der Waals surface area contributed by atoms with Crippen LogP contribution < -0.4 is 0 Å². The van der Waals surface area contributed by atoms with Crippen molar-refractivity contribution < 1.29 is 9.18 Å². The average molecular weight is 180 g/mol. The molecule has 0 saturated heterocycles. The predicted octanol–water partition coefficient (Wildman–Crippen LogP) is 2.61. The molecular weight excluding hydrogens is 167 g/mol. The van der Waals surface area contributed by atoms with Gasteiger partial charge < -0.3 is 4.79 Å². The number of benzene rings is 1. The van der Waals surface area contributed by atoms with Crippen LogP contribution in [0.25, 0.3) is 0 Å². The highest BCUT2D eigenvalue weighted by Gasteiger charge is 2.24. The summed E-state index contributed by atoms with van der Waals surface area (Å²) in [5.41, 5.74) is 0.567. The first-order valence-electron chi connectivity index (χ1n) is 4.21. The number of rotatable bonds is 2. The van der Waals surface area contributed by atoms with Crippen molar-refractivity contribution in [3.8, 4) is 0 Å². The fourth-order valence-corrected chi connectivity index (χ4v) is 1.51. The zero-order valence-corrected chi connectivity index (χ0v) is 8.10. The highest BCUT2D eigenvalue weighted by atomic mass is 19.1. The summed E-state index contributed by atoms with van der Waals surface area (Å²) in [6, 6.07) is 4.84. The van der Waals surface area contributed by atoms with E-state index in [-0.39, 0.29) is 5.82 Å². The summed E-state index contributed by atoms with van der Waals surface area (Å²) < 4.78 is 13.4.